The second-order valence-corrected chi connectivity index (χ2v) is 21.7. The Bertz CT molecular complexity index is 987. The van der Waals surface area contributed by atoms with Crippen LogP contribution in [0.3, 0.4) is 0 Å². The van der Waals surface area contributed by atoms with Crippen molar-refractivity contribution in [1.82, 2.24) is 19.4 Å². The van der Waals surface area contributed by atoms with Crippen LogP contribution in [0.4, 0.5) is 13.2 Å². The van der Waals surface area contributed by atoms with Crippen molar-refractivity contribution in [3.63, 3.8) is 0 Å². The molecule has 0 bridgehead atoms. The van der Waals surface area contributed by atoms with Gasteiger partial charge in [-0.2, -0.15) is 0 Å². The molecule has 0 spiro atoms. The van der Waals surface area contributed by atoms with E-state index in [0.717, 1.165) is 87.6 Å². The summed E-state index contributed by atoms with van der Waals surface area (Å²) in [5.74, 6) is 2.92. The van der Waals surface area contributed by atoms with E-state index in [-0.39, 0.29) is 19.2 Å². The molecule has 3 heterocycles. The Morgan fingerprint density at radius 3 is 1.05 bits per heavy atom. The van der Waals surface area contributed by atoms with Gasteiger partial charge in [0.2, 0.25) is 0 Å². The van der Waals surface area contributed by atoms with Crippen molar-refractivity contribution in [3.8, 4) is 0 Å². The molecule has 0 saturated carbocycles. The van der Waals surface area contributed by atoms with Gasteiger partial charge in [-0.1, -0.05) is 141 Å². The molecule has 1 aromatic rings. The zero-order chi connectivity index (χ0) is 49.5. The molecule has 0 N–H and O–H groups in total. The van der Waals surface area contributed by atoms with Crippen LogP contribution < -0.4 is 0 Å². The van der Waals surface area contributed by atoms with Gasteiger partial charge in [0.05, 0.1) is 37.7 Å². The number of hydrogen-bond acceptors (Lipinski definition) is 6. The summed E-state index contributed by atoms with van der Waals surface area (Å²) in [6.07, 6.45) is 21.5. The summed E-state index contributed by atoms with van der Waals surface area (Å²) in [4.78, 5) is 7.83. The van der Waals surface area contributed by atoms with Gasteiger partial charge in [0.15, 0.2) is 0 Å². The van der Waals surface area contributed by atoms with E-state index in [1.165, 1.54) is 57.8 Å². The fraction of sp³-hybridized carbons (Fsp3) is 0.944. The third-order valence-electron chi connectivity index (χ3n) is 10.2. The standard InChI is InChI=1S/C9H17F2NO.C9H18FNO.C9H16N2O.3C9H20/c1-8(2)13-5-3-4-12-6-9(10,11)7-12;1-8(2)12-5-3-4-11-6-9(10)7-11;1-9(2)12-7-3-5-11-6-4-10-8-11;3*1-8(2)6-5-7-9(3)4/h8H,3-7H2,1-2H3;8-9H,3-7H2,1-2H3;4,6,8-9H,3,5,7H2,1-2H3;3*8-9H,5-7H2,1-4H3. The topological polar surface area (TPSA) is 52.0 Å². The third kappa shape index (κ3) is 55.1. The van der Waals surface area contributed by atoms with E-state index in [2.05, 4.69) is 111 Å². The zero-order valence-electron chi connectivity index (χ0n) is 45.7. The molecule has 0 amide bonds. The van der Waals surface area contributed by atoms with Crippen molar-refractivity contribution >= 4 is 0 Å². The number of imidazole rings is 1. The lowest BCUT2D eigenvalue weighted by Gasteiger charge is -2.38. The summed E-state index contributed by atoms with van der Waals surface area (Å²) in [5, 5.41) is 0. The second-order valence-electron chi connectivity index (χ2n) is 21.7. The molecule has 2 saturated heterocycles. The molecule has 0 radical (unpaired) electrons. The Balaban J connectivity index is -0.000000703. The average molecular weight is 922 g/mol. The highest BCUT2D eigenvalue weighted by molar-refractivity contribution is 4.86. The van der Waals surface area contributed by atoms with E-state index in [1.807, 2.05) is 40.2 Å². The molecule has 386 valence electrons. The largest absolute Gasteiger partial charge is 0.379 e. The molecule has 2 aliphatic rings. The highest BCUT2D eigenvalue weighted by atomic mass is 19.3. The van der Waals surface area contributed by atoms with Gasteiger partial charge in [-0.05, 0) is 96.3 Å². The highest BCUT2D eigenvalue weighted by Crippen LogP contribution is 2.26. The number of nitrogens with zero attached hydrogens (tertiary/aromatic N) is 4. The van der Waals surface area contributed by atoms with Gasteiger partial charge in [0.1, 0.15) is 6.17 Å². The van der Waals surface area contributed by atoms with Crippen LogP contribution in [-0.4, -0.2) is 109 Å². The number of ether oxygens (including phenoxy) is 3. The minimum absolute atomic E-state index is 0.0747. The number of alkyl halides is 3. The molecule has 10 heteroatoms. The van der Waals surface area contributed by atoms with Gasteiger partial charge in [0.25, 0.3) is 5.92 Å². The van der Waals surface area contributed by atoms with Gasteiger partial charge in [-0.15, -0.1) is 0 Å². The van der Waals surface area contributed by atoms with Crippen LogP contribution >= 0.6 is 0 Å². The first-order valence-corrected chi connectivity index (χ1v) is 26.1. The van der Waals surface area contributed by atoms with Crippen molar-refractivity contribution in [2.24, 2.45) is 35.5 Å². The van der Waals surface area contributed by atoms with Crippen LogP contribution in [0.2, 0.25) is 0 Å². The Labute approximate surface area is 397 Å². The predicted molar refractivity (Wildman–Crippen MR) is 273 cm³/mol. The highest BCUT2D eigenvalue weighted by Gasteiger charge is 2.43. The van der Waals surface area contributed by atoms with Gasteiger partial charge in [-0.25, -0.2) is 18.2 Å². The molecule has 0 unspecified atom stereocenters. The Morgan fingerprint density at radius 2 is 0.797 bits per heavy atom. The number of aryl methyl sites for hydroxylation is 1. The van der Waals surface area contributed by atoms with Crippen LogP contribution in [0.15, 0.2) is 18.7 Å². The normalized spacial score (nSPS) is 15.0. The SMILES string of the molecule is CC(C)CCCC(C)C.CC(C)CCCC(C)C.CC(C)CCCC(C)C.CC(C)OCCCN1CC(F)(F)C1.CC(C)OCCCN1CC(F)C1.CC(C)OCCCn1ccnc1. The smallest absolute Gasteiger partial charge is 0.272 e. The minimum atomic E-state index is -2.43. The Kier molecular flexibility index (Phi) is 45.2. The van der Waals surface area contributed by atoms with Crippen molar-refractivity contribution in [2.45, 2.75) is 239 Å². The maximum atomic E-state index is 12.4. The van der Waals surface area contributed by atoms with E-state index in [0.29, 0.717) is 31.9 Å². The maximum absolute atomic E-state index is 12.4. The molecule has 2 aliphatic heterocycles. The van der Waals surface area contributed by atoms with Gasteiger partial charge >= 0.3 is 0 Å². The van der Waals surface area contributed by atoms with Crippen LogP contribution in [0.5, 0.6) is 0 Å². The number of rotatable bonds is 27. The Hall–Kier alpha value is -1.20. The van der Waals surface area contributed by atoms with E-state index >= 15 is 0 Å². The van der Waals surface area contributed by atoms with Crippen LogP contribution in [0.1, 0.15) is 202 Å². The first-order valence-electron chi connectivity index (χ1n) is 26.1. The first kappa shape index (κ1) is 67.1. The van der Waals surface area contributed by atoms with E-state index in [9.17, 15) is 13.2 Å². The van der Waals surface area contributed by atoms with Crippen molar-refractivity contribution < 1.29 is 27.4 Å². The van der Waals surface area contributed by atoms with Crippen LogP contribution in [-0.2, 0) is 20.8 Å². The average Bonchev–Trinajstić information content (AvgIpc) is 3.66. The number of likely N-dealkylation sites (tertiary alicyclic amines) is 2. The number of aromatic nitrogens is 2. The molecule has 3 rings (SSSR count). The van der Waals surface area contributed by atoms with Crippen molar-refractivity contribution in [2.75, 3.05) is 59.1 Å². The third-order valence-corrected chi connectivity index (χ3v) is 10.2. The van der Waals surface area contributed by atoms with E-state index in [1.54, 1.807) is 11.1 Å². The summed E-state index contributed by atoms with van der Waals surface area (Å²) in [7, 11) is 0. The lowest BCUT2D eigenvalue weighted by Crippen LogP contribution is -2.56. The quantitative estimate of drug-likeness (QED) is 0.0820. The van der Waals surface area contributed by atoms with E-state index in [4.69, 9.17) is 14.2 Å². The molecular formula is C54H111F3N4O3. The first-order chi connectivity index (χ1) is 29.8. The van der Waals surface area contributed by atoms with Crippen molar-refractivity contribution in [3.05, 3.63) is 18.7 Å². The molecular weight excluding hydrogens is 810 g/mol. The van der Waals surface area contributed by atoms with E-state index < -0.39 is 12.1 Å². The lowest BCUT2D eigenvalue weighted by atomic mass is 10.0. The molecule has 0 atom stereocenters. The zero-order valence-corrected chi connectivity index (χ0v) is 45.7. The monoisotopic (exact) mass is 921 g/mol. The second kappa shape index (κ2) is 43.1. The fourth-order valence-corrected chi connectivity index (χ4v) is 6.46. The lowest BCUT2D eigenvalue weighted by molar-refractivity contribution is -0.131. The molecule has 2 fully saturated rings. The Morgan fingerprint density at radius 1 is 0.484 bits per heavy atom. The molecule has 0 aromatic carbocycles. The number of hydrogen-bond donors (Lipinski definition) is 0. The van der Waals surface area contributed by atoms with Gasteiger partial charge in [0, 0.05) is 64.9 Å². The summed E-state index contributed by atoms with van der Waals surface area (Å²) in [6, 6.07) is 0. The van der Waals surface area contributed by atoms with Crippen LogP contribution in [0.25, 0.3) is 0 Å². The fourth-order valence-electron chi connectivity index (χ4n) is 6.46. The molecule has 0 aliphatic carbocycles. The molecule has 7 nitrogen and oxygen atoms in total. The molecule has 64 heavy (non-hydrogen) atoms. The summed E-state index contributed by atoms with van der Waals surface area (Å²) in [5.41, 5.74) is 0. The predicted octanol–water partition coefficient (Wildman–Crippen LogP) is 15.3. The summed E-state index contributed by atoms with van der Waals surface area (Å²) >= 11 is 0. The summed E-state index contributed by atoms with van der Waals surface area (Å²) < 4.78 is 55.2. The minimum Gasteiger partial charge on any atom is -0.379 e. The van der Waals surface area contributed by atoms with Gasteiger partial charge < -0.3 is 18.8 Å². The summed E-state index contributed by atoms with van der Waals surface area (Å²) in [6.45, 7) is 45.7. The van der Waals surface area contributed by atoms with Crippen LogP contribution in [0, 0.1) is 35.5 Å². The maximum Gasteiger partial charge on any atom is 0.272 e. The number of halogens is 3. The molecule has 1 aromatic heterocycles. The van der Waals surface area contributed by atoms with Crippen molar-refractivity contribution in [1.29, 1.82) is 0 Å². The van der Waals surface area contributed by atoms with Gasteiger partial charge in [-0.3, -0.25) is 9.80 Å².